The Bertz CT molecular complexity index is 976. The first-order chi connectivity index (χ1) is 13.9. The topological polar surface area (TPSA) is 75.7 Å². The average molecular weight is 415 g/mol. The van der Waals surface area contributed by atoms with Crippen molar-refractivity contribution >= 4 is 22.0 Å². The molecule has 1 heterocycles. The first-order valence-electron chi connectivity index (χ1n) is 9.58. The number of methoxy groups -OCH3 is 1. The molecule has 6 nitrogen and oxygen atoms in total. The van der Waals surface area contributed by atoms with E-state index in [4.69, 9.17) is 4.74 Å². The van der Waals surface area contributed by atoms with Gasteiger partial charge < -0.3 is 9.64 Å². The van der Waals surface area contributed by atoms with Crippen molar-refractivity contribution in [2.24, 2.45) is 0 Å². The lowest BCUT2D eigenvalue weighted by atomic mass is 10.1. The number of ether oxygens (including phenoxy) is 1. The lowest BCUT2D eigenvalue weighted by molar-refractivity contribution is -0.126. The molecule has 1 amide bonds. The number of amides is 1. The molecule has 0 spiro atoms. The Morgan fingerprint density at radius 1 is 1.10 bits per heavy atom. The van der Waals surface area contributed by atoms with Crippen LogP contribution in [0.2, 0.25) is 0 Å². The number of benzene rings is 2. The highest BCUT2D eigenvalue weighted by Gasteiger charge is 2.26. The van der Waals surface area contributed by atoms with Crippen molar-refractivity contribution in [3.63, 3.8) is 0 Å². The Kier molecular flexibility index (Phi) is 6.71. The molecule has 1 fully saturated rings. The minimum absolute atomic E-state index is 0.0873. The molecule has 0 aromatic heterocycles. The van der Waals surface area contributed by atoms with Crippen LogP contribution in [0.15, 0.2) is 59.5 Å². The fraction of sp³-hybridized carbons (Fsp3) is 0.318. The lowest BCUT2D eigenvalue weighted by Gasteiger charge is -2.31. The number of piperidine rings is 1. The van der Waals surface area contributed by atoms with Crippen LogP contribution in [0.4, 0.5) is 0 Å². The SMILES string of the molecule is COc1ccccc1C=CC(=O)N1CCC(NS(=O)(=O)c2ccc(C)cc2)CC1. The van der Waals surface area contributed by atoms with E-state index < -0.39 is 10.0 Å². The van der Waals surface area contributed by atoms with Crippen LogP contribution in [-0.2, 0) is 14.8 Å². The van der Waals surface area contributed by atoms with Gasteiger partial charge in [0.05, 0.1) is 12.0 Å². The van der Waals surface area contributed by atoms with Gasteiger partial charge in [0, 0.05) is 30.8 Å². The zero-order valence-corrected chi connectivity index (χ0v) is 17.5. The van der Waals surface area contributed by atoms with Crippen molar-refractivity contribution in [2.45, 2.75) is 30.7 Å². The average Bonchev–Trinajstić information content (AvgIpc) is 2.72. The molecule has 0 aliphatic carbocycles. The molecule has 3 rings (SSSR count). The predicted molar refractivity (Wildman–Crippen MR) is 113 cm³/mol. The minimum Gasteiger partial charge on any atom is -0.496 e. The molecule has 0 bridgehead atoms. The maximum absolute atomic E-state index is 12.5. The van der Waals surface area contributed by atoms with E-state index in [2.05, 4.69) is 4.72 Å². The molecule has 2 aromatic carbocycles. The minimum atomic E-state index is -3.55. The summed E-state index contributed by atoms with van der Waals surface area (Å²) in [6.07, 6.45) is 4.45. The van der Waals surface area contributed by atoms with Crippen LogP contribution in [0, 0.1) is 6.92 Å². The van der Waals surface area contributed by atoms with Gasteiger partial charge in [-0.25, -0.2) is 13.1 Å². The number of nitrogens with one attached hydrogen (secondary N) is 1. The van der Waals surface area contributed by atoms with Gasteiger partial charge in [-0.05, 0) is 44.0 Å². The second-order valence-corrected chi connectivity index (χ2v) is 8.82. The fourth-order valence-electron chi connectivity index (χ4n) is 3.29. The highest BCUT2D eigenvalue weighted by molar-refractivity contribution is 7.89. The normalized spacial score (nSPS) is 15.6. The summed E-state index contributed by atoms with van der Waals surface area (Å²) in [6, 6.07) is 14.1. The first-order valence-corrected chi connectivity index (χ1v) is 11.1. The Morgan fingerprint density at radius 3 is 2.41 bits per heavy atom. The Hall–Kier alpha value is -2.64. The second kappa shape index (κ2) is 9.24. The third-order valence-corrected chi connectivity index (χ3v) is 6.54. The van der Waals surface area contributed by atoms with Crippen molar-refractivity contribution < 1.29 is 17.9 Å². The maximum atomic E-state index is 12.5. The van der Waals surface area contributed by atoms with Crippen molar-refractivity contribution in [1.29, 1.82) is 0 Å². The van der Waals surface area contributed by atoms with Gasteiger partial charge in [0.1, 0.15) is 5.75 Å². The number of carbonyl (C=O) groups excluding carboxylic acids is 1. The molecule has 7 heteroatoms. The van der Waals surface area contributed by atoms with Crippen LogP contribution in [-0.4, -0.2) is 45.5 Å². The van der Waals surface area contributed by atoms with E-state index in [1.165, 1.54) is 6.08 Å². The summed E-state index contributed by atoms with van der Waals surface area (Å²) < 4.78 is 33.1. The first kappa shape index (κ1) is 21.1. The van der Waals surface area contributed by atoms with E-state index in [1.54, 1.807) is 42.4 Å². The second-order valence-electron chi connectivity index (χ2n) is 7.11. The number of aryl methyl sites for hydroxylation is 1. The summed E-state index contributed by atoms with van der Waals surface area (Å²) in [4.78, 5) is 14.5. The molecule has 154 valence electrons. The predicted octanol–water partition coefficient (Wildman–Crippen LogP) is 2.99. The van der Waals surface area contributed by atoms with E-state index >= 15 is 0 Å². The highest BCUT2D eigenvalue weighted by atomic mass is 32.2. The molecule has 0 radical (unpaired) electrons. The van der Waals surface area contributed by atoms with Gasteiger partial charge in [-0.1, -0.05) is 35.9 Å². The van der Waals surface area contributed by atoms with Crippen LogP contribution >= 0.6 is 0 Å². The number of hydrogen-bond donors (Lipinski definition) is 1. The van der Waals surface area contributed by atoms with E-state index in [-0.39, 0.29) is 16.8 Å². The smallest absolute Gasteiger partial charge is 0.246 e. The fourth-order valence-corrected chi connectivity index (χ4v) is 4.60. The van der Waals surface area contributed by atoms with Crippen LogP contribution in [0.1, 0.15) is 24.0 Å². The Balaban J connectivity index is 1.55. The number of nitrogens with zero attached hydrogens (tertiary/aromatic N) is 1. The van der Waals surface area contributed by atoms with Crippen LogP contribution in [0.5, 0.6) is 5.75 Å². The maximum Gasteiger partial charge on any atom is 0.246 e. The summed E-state index contributed by atoms with van der Waals surface area (Å²) in [6.45, 7) is 2.94. The summed E-state index contributed by atoms with van der Waals surface area (Å²) in [5, 5.41) is 0. The summed E-state index contributed by atoms with van der Waals surface area (Å²) in [5.41, 5.74) is 1.85. The van der Waals surface area contributed by atoms with E-state index in [1.807, 2.05) is 31.2 Å². The van der Waals surface area contributed by atoms with Gasteiger partial charge in [0.2, 0.25) is 15.9 Å². The van der Waals surface area contributed by atoms with Gasteiger partial charge in [-0.15, -0.1) is 0 Å². The van der Waals surface area contributed by atoms with Gasteiger partial charge in [-0.2, -0.15) is 0 Å². The monoisotopic (exact) mass is 414 g/mol. The van der Waals surface area contributed by atoms with Gasteiger partial charge in [0.15, 0.2) is 0 Å². The molecule has 0 saturated carbocycles. The van der Waals surface area contributed by atoms with Crippen molar-refractivity contribution in [1.82, 2.24) is 9.62 Å². The largest absolute Gasteiger partial charge is 0.496 e. The molecule has 1 saturated heterocycles. The lowest BCUT2D eigenvalue weighted by Crippen LogP contribution is -2.46. The third-order valence-electron chi connectivity index (χ3n) is 5.00. The number of para-hydroxylation sites is 1. The molecule has 0 atom stereocenters. The highest BCUT2D eigenvalue weighted by Crippen LogP contribution is 2.20. The van der Waals surface area contributed by atoms with Crippen molar-refractivity contribution in [3.8, 4) is 5.75 Å². The zero-order valence-electron chi connectivity index (χ0n) is 16.7. The molecule has 1 aliphatic rings. The summed E-state index contributed by atoms with van der Waals surface area (Å²) in [5.74, 6) is 0.622. The molecular weight excluding hydrogens is 388 g/mol. The molecule has 0 unspecified atom stereocenters. The number of sulfonamides is 1. The van der Waals surface area contributed by atoms with Gasteiger partial charge in [0.25, 0.3) is 0 Å². The Morgan fingerprint density at radius 2 is 1.76 bits per heavy atom. The van der Waals surface area contributed by atoms with Crippen molar-refractivity contribution in [3.05, 3.63) is 65.7 Å². The third kappa shape index (κ3) is 5.46. The number of rotatable bonds is 6. The van der Waals surface area contributed by atoms with Crippen LogP contribution in [0.3, 0.4) is 0 Å². The molecule has 29 heavy (non-hydrogen) atoms. The molecular formula is C22H26N2O4S. The number of likely N-dealkylation sites (tertiary alicyclic amines) is 1. The molecule has 2 aromatic rings. The number of hydrogen-bond acceptors (Lipinski definition) is 4. The standard InChI is InChI=1S/C22H26N2O4S/c1-17-7-10-20(11-8-17)29(26,27)23-19-13-15-24(16-14-19)22(25)12-9-18-5-3-4-6-21(18)28-2/h3-12,19,23H,13-16H2,1-2H3. The van der Waals surface area contributed by atoms with E-state index in [9.17, 15) is 13.2 Å². The Labute approximate surface area is 172 Å². The quantitative estimate of drug-likeness (QED) is 0.738. The van der Waals surface area contributed by atoms with Crippen LogP contribution < -0.4 is 9.46 Å². The molecule has 1 N–H and O–H groups in total. The zero-order chi connectivity index (χ0) is 20.9. The van der Waals surface area contributed by atoms with Crippen molar-refractivity contribution in [2.75, 3.05) is 20.2 Å². The van der Waals surface area contributed by atoms with Gasteiger partial charge >= 0.3 is 0 Å². The molecule has 1 aliphatic heterocycles. The summed E-state index contributed by atoms with van der Waals surface area (Å²) in [7, 11) is -1.96. The van der Waals surface area contributed by atoms with E-state index in [0.717, 1.165) is 11.1 Å². The van der Waals surface area contributed by atoms with Crippen LogP contribution in [0.25, 0.3) is 6.08 Å². The van der Waals surface area contributed by atoms with Gasteiger partial charge in [-0.3, -0.25) is 4.79 Å². The van der Waals surface area contributed by atoms with E-state index in [0.29, 0.717) is 31.7 Å². The number of carbonyl (C=O) groups is 1. The summed E-state index contributed by atoms with van der Waals surface area (Å²) >= 11 is 0.